The molecule has 1 nitrogen and oxygen atoms in total. The van der Waals surface area contributed by atoms with Crippen molar-refractivity contribution in [2.45, 2.75) is 36.1 Å². The van der Waals surface area contributed by atoms with Gasteiger partial charge in [0.25, 0.3) is 0 Å². The van der Waals surface area contributed by atoms with Crippen LogP contribution in [0.25, 0.3) is 0 Å². The fourth-order valence-electron chi connectivity index (χ4n) is 2.25. The number of rotatable bonds is 4. The zero-order valence-electron chi connectivity index (χ0n) is 9.68. The first-order valence-corrected chi connectivity index (χ1v) is 8.21. The second-order valence-electron chi connectivity index (χ2n) is 4.58. The minimum Gasteiger partial charge on any atom is -0.378 e. The summed E-state index contributed by atoms with van der Waals surface area (Å²) in [5.41, 5.74) is 1.37. The molecule has 1 aromatic carbocycles. The lowest BCUT2D eigenvalue weighted by Gasteiger charge is -2.42. The van der Waals surface area contributed by atoms with Crippen molar-refractivity contribution >= 4 is 47.8 Å². The van der Waals surface area contributed by atoms with Gasteiger partial charge < -0.3 is 4.74 Å². The molecule has 2 rings (SSSR count). The molecule has 1 fully saturated rings. The first kappa shape index (κ1) is 14.0. The lowest BCUT2D eigenvalue weighted by Crippen LogP contribution is -2.39. The van der Waals surface area contributed by atoms with E-state index in [2.05, 4.69) is 59.9 Å². The summed E-state index contributed by atoms with van der Waals surface area (Å²) in [7, 11) is 1.83. The molecular formula is C13H15Br3O. The number of hydrogen-bond donors (Lipinski definition) is 0. The van der Waals surface area contributed by atoms with Crippen LogP contribution in [0.15, 0.2) is 27.1 Å². The second kappa shape index (κ2) is 5.72. The van der Waals surface area contributed by atoms with E-state index in [9.17, 15) is 0 Å². The van der Waals surface area contributed by atoms with E-state index in [1.165, 1.54) is 24.8 Å². The van der Waals surface area contributed by atoms with Crippen LogP contribution in [0, 0.1) is 0 Å². The predicted molar refractivity (Wildman–Crippen MR) is 81.7 cm³/mol. The van der Waals surface area contributed by atoms with Crippen LogP contribution < -0.4 is 0 Å². The van der Waals surface area contributed by atoms with Crippen LogP contribution in [0.3, 0.4) is 0 Å². The summed E-state index contributed by atoms with van der Waals surface area (Å²) in [6.07, 6.45) is 4.67. The molecular weight excluding hydrogens is 412 g/mol. The Kier molecular flexibility index (Phi) is 4.73. The van der Waals surface area contributed by atoms with Crippen molar-refractivity contribution in [2.75, 3.05) is 7.11 Å². The largest absolute Gasteiger partial charge is 0.378 e. The molecule has 94 valence electrons. The Morgan fingerprint density at radius 2 is 2.06 bits per heavy atom. The number of benzene rings is 1. The van der Waals surface area contributed by atoms with Gasteiger partial charge >= 0.3 is 0 Å². The average molecular weight is 427 g/mol. The molecule has 0 amide bonds. The van der Waals surface area contributed by atoms with E-state index < -0.39 is 0 Å². The zero-order chi connectivity index (χ0) is 12.5. The van der Waals surface area contributed by atoms with E-state index in [0.717, 1.165) is 15.4 Å². The third kappa shape index (κ3) is 3.14. The third-order valence-electron chi connectivity index (χ3n) is 3.54. The summed E-state index contributed by atoms with van der Waals surface area (Å²) >= 11 is 10.9. The molecule has 0 N–H and O–H groups in total. The van der Waals surface area contributed by atoms with Crippen LogP contribution in [0.1, 0.15) is 36.1 Å². The number of hydrogen-bond acceptors (Lipinski definition) is 1. The number of methoxy groups -OCH3 is 1. The van der Waals surface area contributed by atoms with E-state index in [0.29, 0.717) is 4.83 Å². The monoisotopic (exact) mass is 424 g/mol. The quantitative estimate of drug-likeness (QED) is 0.569. The van der Waals surface area contributed by atoms with Gasteiger partial charge in [-0.15, -0.1) is 0 Å². The lowest BCUT2D eigenvalue weighted by molar-refractivity contribution is -0.0773. The van der Waals surface area contributed by atoms with Gasteiger partial charge in [-0.3, -0.25) is 0 Å². The molecule has 4 heteroatoms. The SMILES string of the molecule is COC1(CC(Br)c2cc(Br)ccc2Br)CCC1. The Hall–Kier alpha value is 0.620. The summed E-state index contributed by atoms with van der Waals surface area (Å²) in [6, 6.07) is 6.28. The minimum atomic E-state index is 0.0932. The second-order valence-corrected chi connectivity index (χ2v) is 7.45. The maximum atomic E-state index is 5.68. The van der Waals surface area contributed by atoms with Crippen LogP contribution in [-0.4, -0.2) is 12.7 Å². The molecule has 17 heavy (non-hydrogen) atoms. The highest BCUT2D eigenvalue weighted by molar-refractivity contribution is 9.11. The molecule has 1 unspecified atom stereocenters. The van der Waals surface area contributed by atoms with Gasteiger partial charge in [0.1, 0.15) is 0 Å². The van der Waals surface area contributed by atoms with Crippen LogP contribution in [0.4, 0.5) is 0 Å². The maximum absolute atomic E-state index is 5.68. The van der Waals surface area contributed by atoms with E-state index in [1.54, 1.807) is 0 Å². The Labute approximate surface area is 128 Å². The van der Waals surface area contributed by atoms with Crippen molar-refractivity contribution < 1.29 is 4.74 Å². The molecule has 1 aliphatic rings. The van der Waals surface area contributed by atoms with E-state index >= 15 is 0 Å². The third-order valence-corrected chi connectivity index (χ3v) is 5.58. The van der Waals surface area contributed by atoms with Gasteiger partial charge in [0.15, 0.2) is 0 Å². The smallest absolute Gasteiger partial charge is 0.0692 e. The van der Waals surface area contributed by atoms with Crippen LogP contribution in [0.2, 0.25) is 0 Å². The molecule has 1 aliphatic carbocycles. The van der Waals surface area contributed by atoms with Gasteiger partial charge in [-0.05, 0) is 49.4 Å². The van der Waals surface area contributed by atoms with Crippen molar-refractivity contribution in [3.63, 3.8) is 0 Å². The molecule has 0 spiro atoms. The summed E-state index contributed by atoms with van der Waals surface area (Å²) in [5, 5.41) is 0. The number of ether oxygens (including phenoxy) is 1. The van der Waals surface area contributed by atoms with E-state index in [1.807, 2.05) is 13.2 Å². The van der Waals surface area contributed by atoms with Gasteiger partial charge in [-0.25, -0.2) is 0 Å². The topological polar surface area (TPSA) is 9.23 Å². The van der Waals surface area contributed by atoms with Gasteiger partial charge in [0.2, 0.25) is 0 Å². The fraction of sp³-hybridized carbons (Fsp3) is 0.538. The van der Waals surface area contributed by atoms with Gasteiger partial charge in [-0.1, -0.05) is 47.8 Å². The highest BCUT2D eigenvalue weighted by Gasteiger charge is 2.39. The Morgan fingerprint density at radius 1 is 1.35 bits per heavy atom. The fourth-order valence-corrected chi connectivity index (χ4v) is 4.43. The molecule has 0 aliphatic heterocycles. The molecule has 1 atom stereocenters. The maximum Gasteiger partial charge on any atom is 0.0692 e. The van der Waals surface area contributed by atoms with Crippen molar-refractivity contribution in [1.29, 1.82) is 0 Å². The van der Waals surface area contributed by atoms with Gasteiger partial charge in [0, 0.05) is 20.9 Å². The molecule has 0 heterocycles. The van der Waals surface area contributed by atoms with E-state index in [-0.39, 0.29) is 5.60 Å². The van der Waals surface area contributed by atoms with Gasteiger partial charge in [0.05, 0.1) is 5.60 Å². The number of alkyl halides is 1. The summed E-state index contributed by atoms with van der Waals surface area (Å²) in [5.74, 6) is 0. The van der Waals surface area contributed by atoms with Gasteiger partial charge in [-0.2, -0.15) is 0 Å². The summed E-state index contributed by atoms with van der Waals surface area (Å²) < 4.78 is 7.94. The predicted octanol–water partition coefficient (Wildman–Crippen LogP) is 5.61. The first-order valence-electron chi connectivity index (χ1n) is 5.70. The summed E-state index contributed by atoms with van der Waals surface area (Å²) in [6.45, 7) is 0. The Balaban J connectivity index is 2.13. The summed E-state index contributed by atoms with van der Waals surface area (Å²) in [4.78, 5) is 0.328. The minimum absolute atomic E-state index is 0.0932. The Bertz CT molecular complexity index is 396. The highest BCUT2D eigenvalue weighted by Crippen LogP contribution is 2.46. The molecule has 0 saturated heterocycles. The molecule has 1 aromatic rings. The normalized spacial score (nSPS) is 19.8. The standard InChI is InChI=1S/C13H15Br3O/c1-17-13(5-2-6-13)8-12(16)10-7-9(14)3-4-11(10)15/h3-4,7,12H,2,5-6,8H2,1H3. The Morgan fingerprint density at radius 3 is 2.59 bits per heavy atom. The molecule has 0 aromatic heterocycles. The van der Waals surface area contributed by atoms with Crippen molar-refractivity contribution in [1.82, 2.24) is 0 Å². The van der Waals surface area contributed by atoms with E-state index in [4.69, 9.17) is 4.74 Å². The van der Waals surface area contributed by atoms with Crippen LogP contribution in [-0.2, 0) is 4.74 Å². The number of halogens is 3. The van der Waals surface area contributed by atoms with Crippen molar-refractivity contribution in [3.8, 4) is 0 Å². The zero-order valence-corrected chi connectivity index (χ0v) is 14.4. The molecule has 0 bridgehead atoms. The van der Waals surface area contributed by atoms with Crippen LogP contribution in [0.5, 0.6) is 0 Å². The van der Waals surface area contributed by atoms with Crippen molar-refractivity contribution in [3.05, 3.63) is 32.7 Å². The molecule has 1 saturated carbocycles. The van der Waals surface area contributed by atoms with Crippen LogP contribution >= 0.6 is 47.8 Å². The van der Waals surface area contributed by atoms with Crippen molar-refractivity contribution in [2.24, 2.45) is 0 Å². The first-order chi connectivity index (χ1) is 8.06. The lowest BCUT2D eigenvalue weighted by atomic mass is 9.76. The molecule has 0 radical (unpaired) electrons. The highest BCUT2D eigenvalue weighted by atomic mass is 79.9. The average Bonchev–Trinajstić information content (AvgIpc) is 2.26.